The van der Waals surface area contributed by atoms with Crippen LogP contribution in [0.15, 0.2) is 50.8 Å². The average Bonchev–Trinajstić information content (AvgIpc) is 3.36. The zero-order valence-electron chi connectivity index (χ0n) is 18.1. The van der Waals surface area contributed by atoms with E-state index in [4.69, 9.17) is 4.52 Å². The number of hydrogen-bond donors (Lipinski definition) is 0. The maximum Gasteiger partial charge on any atom is 0.333 e. The SMILES string of the molecule is CC(C)Cn1cnc2c1c(=O)n(Cc1nc(C(C)C)no1)c(=O)n2Cc1ccccc1. The van der Waals surface area contributed by atoms with E-state index in [2.05, 4.69) is 29.0 Å². The second-order valence-corrected chi connectivity index (χ2v) is 8.41. The Morgan fingerprint density at radius 2 is 1.74 bits per heavy atom. The van der Waals surface area contributed by atoms with Crippen LogP contribution in [-0.2, 0) is 19.6 Å². The molecule has 4 aromatic rings. The van der Waals surface area contributed by atoms with Crippen LogP contribution in [0.1, 0.15) is 50.9 Å². The predicted molar refractivity (Wildman–Crippen MR) is 116 cm³/mol. The Hall–Kier alpha value is -3.49. The van der Waals surface area contributed by atoms with Crippen LogP contribution in [0.5, 0.6) is 0 Å². The standard InChI is InChI=1S/C22H26N6O3/c1-14(2)10-26-13-23-20-18(26)21(29)28(12-17-24-19(15(3)4)25-31-17)22(30)27(20)11-16-8-6-5-7-9-16/h5-9,13-15H,10-12H2,1-4H3. The molecule has 9 heteroatoms. The van der Waals surface area contributed by atoms with Gasteiger partial charge in [-0.05, 0) is 11.5 Å². The van der Waals surface area contributed by atoms with Gasteiger partial charge in [-0.15, -0.1) is 0 Å². The maximum absolute atomic E-state index is 13.4. The molecule has 0 saturated heterocycles. The van der Waals surface area contributed by atoms with Crippen molar-refractivity contribution in [3.63, 3.8) is 0 Å². The van der Waals surface area contributed by atoms with Crippen LogP contribution in [-0.4, -0.2) is 28.8 Å². The van der Waals surface area contributed by atoms with Gasteiger partial charge in [-0.3, -0.25) is 9.36 Å². The molecule has 3 heterocycles. The number of benzene rings is 1. The van der Waals surface area contributed by atoms with Crippen LogP contribution in [0, 0.1) is 5.92 Å². The molecule has 0 N–H and O–H groups in total. The van der Waals surface area contributed by atoms with E-state index in [0.29, 0.717) is 36.0 Å². The summed E-state index contributed by atoms with van der Waals surface area (Å²) in [5.41, 5.74) is 0.846. The van der Waals surface area contributed by atoms with E-state index in [1.807, 2.05) is 48.7 Å². The number of aromatic nitrogens is 6. The van der Waals surface area contributed by atoms with E-state index >= 15 is 0 Å². The molecule has 31 heavy (non-hydrogen) atoms. The molecule has 0 bridgehead atoms. The predicted octanol–water partition coefficient (Wildman–Crippen LogP) is 2.62. The fourth-order valence-electron chi connectivity index (χ4n) is 3.52. The van der Waals surface area contributed by atoms with E-state index in [-0.39, 0.29) is 18.4 Å². The smallest absolute Gasteiger partial charge is 0.333 e. The number of imidazole rings is 1. The first kappa shape index (κ1) is 20.8. The number of rotatable bonds is 7. The van der Waals surface area contributed by atoms with Crippen molar-refractivity contribution in [1.29, 1.82) is 0 Å². The summed E-state index contributed by atoms with van der Waals surface area (Å²) in [7, 11) is 0. The van der Waals surface area contributed by atoms with Crippen molar-refractivity contribution in [2.24, 2.45) is 5.92 Å². The van der Waals surface area contributed by atoms with Crippen LogP contribution in [0.2, 0.25) is 0 Å². The molecule has 162 valence electrons. The van der Waals surface area contributed by atoms with Crippen LogP contribution in [0.3, 0.4) is 0 Å². The maximum atomic E-state index is 13.4. The van der Waals surface area contributed by atoms with E-state index in [0.717, 1.165) is 10.1 Å². The van der Waals surface area contributed by atoms with Crippen LogP contribution >= 0.6 is 0 Å². The Morgan fingerprint density at radius 1 is 1.00 bits per heavy atom. The molecule has 9 nitrogen and oxygen atoms in total. The lowest BCUT2D eigenvalue weighted by Crippen LogP contribution is -2.41. The number of nitrogens with zero attached hydrogens (tertiary/aromatic N) is 6. The first-order valence-electron chi connectivity index (χ1n) is 10.4. The Bertz CT molecular complexity index is 1310. The average molecular weight is 422 g/mol. The topological polar surface area (TPSA) is 101 Å². The van der Waals surface area contributed by atoms with Gasteiger partial charge in [0.1, 0.15) is 6.54 Å². The Labute approximate surface area is 179 Å². The highest BCUT2D eigenvalue weighted by atomic mass is 16.5. The normalized spacial score (nSPS) is 11.8. The highest BCUT2D eigenvalue weighted by Crippen LogP contribution is 2.13. The van der Waals surface area contributed by atoms with E-state index in [1.165, 1.54) is 4.57 Å². The lowest BCUT2D eigenvalue weighted by atomic mass is 10.2. The molecule has 0 aliphatic heterocycles. The third-order valence-electron chi connectivity index (χ3n) is 5.02. The minimum absolute atomic E-state index is 0.0823. The minimum atomic E-state index is -0.458. The Kier molecular flexibility index (Phi) is 5.58. The van der Waals surface area contributed by atoms with Gasteiger partial charge in [-0.2, -0.15) is 4.98 Å². The molecular formula is C22H26N6O3. The fourth-order valence-corrected chi connectivity index (χ4v) is 3.52. The first-order chi connectivity index (χ1) is 14.8. The molecule has 0 aliphatic carbocycles. The summed E-state index contributed by atoms with van der Waals surface area (Å²) in [6.07, 6.45) is 1.63. The summed E-state index contributed by atoms with van der Waals surface area (Å²) in [5.74, 6) is 1.16. The van der Waals surface area contributed by atoms with E-state index in [9.17, 15) is 9.59 Å². The van der Waals surface area contributed by atoms with Crippen molar-refractivity contribution >= 4 is 11.2 Å². The van der Waals surface area contributed by atoms with Crippen LogP contribution in [0.25, 0.3) is 11.2 Å². The van der Waals surface area contributed by atoms with Gasteiger partial charge in [-0.25, -0.2) is 14.3 Å². The molecule has 0 atom stereocenters. The lowest BCUT2D eigenvalue weighted by Gasteiger charge is -2.12. The molecule has 0 amide bonds. The Morgan fingerprint density at radius 3 is 2.39 bits per heavy atom. The van der Waals surface area contributed by atoms with Crippen LogP contribution < -0.4 is 11.2 Å². The van der Waals surface area contributed by atoms with Gasteiger partial charge >= 0.3 is 5.69 Å². The zero-order valence-corrected chi connectivity index (χ0v) is 18.1. The molecule has 4 rings (SSSR count). The monoisotopic (exact) mass is 422 g/mol. The molecule has 0 aliphatic rings. The molecule has 0 fully saturated rings. The zero-order chi connectivity index (χ0) is 22.1. The van der Waals surface area contributed by atoms with Crippen molar-refractivity contribution in [3.05, 3.63) is 74.8 Å². The summed E-state index contributed by atoms with van der Waals surface area (Å²) in [4.78, 5) is 35.5. The highest BCUT2D eigenvalue weighted by Gasteiger charge is 2.21. The molecular weight excluding hydrogens is 396 g/mol. The van der Waals surface area contributed by atoms with E-state index < -0.39 is 11.2 Å². The van der Waals surface area contributed by atoms with Crippen molar-refractivity contribution in [1.82, 2.24) is 28.8 Å². The quantitative estimate of drug-likeness (QED) is 0.454. The molecule has 3 aromatic heterocycles. The first-order valence-corrected chi connectivity index (χ1v) is 10.4. The lowest BCUT2D eigenvalue weighted by molar-refractivity contribution is 0.360. The van der Waals surface area contributed by atoms with Gasteiger partial charge in [-0.1, -0.05) is 63.2 Å². The van der Waals surface area contributed by atoms with Gasteiger partial charge in [0.25, 0.3) is 5.56 Å². The van der Waals surface area contributed by atoms with Gasteiger partial charge in [0.2, 0.25) is 5.89 Å². The van der Waals surface area contributed by atoms with Crippen molar-refractivity contribution < 1.29 is 4.52 Å². The molecule has 0 radical (unpaired) electrons. The van der Waals surface area contributed by atoms with Gasteiger partial charge in [0.05, 0.1) is 12.9 Å². The van der Waals surface area contributed by atoms with Crippen LogP contribution in [0.4, 0.5) is 0 Å². The largest absolute Gasteiger partial charge is 0.337 e. The highest BCUT2D eigenvalue weighted by molar-refractivity contribution is 5.70. The van der Waals surface area contributed by atoms with Crippen molar-refractivity contribution in [3.8, 4) is 0 Å². The second-order valence-electron chi connectivity index (χ2n) is 8.41. The summed E-state index contributed by atoms with van der Waals surface area (Å²) in [5, 5.41) is 3.94. The number of hydrogen-bond acceptors (Lipinski definition) is 6. The summed E-state index contributed by atoms with van der Waals surface area (Å²) >= 11 is 0. The second kappa shape index (κ2) is 8.33. The molecule has 0 spiro atoms. The third kappa shape index (κ3) is 4.08. The summed E-state index contributed by atoms with van der Waals surface area (Å²) in [6.45, 7) is 8.86. The van der Waals surface area contributed by atoms with Crippen molar-refractivity contribution in [2.75, 3.05) is 0 Å². The van der Waals surface area contributed by atoms with Gasteiger partial charge in [0.15, 0.2) is 17.0 Å². The minimum Gasteiger partial charge on any atom is -0.337 e. The molecule has 0 unspecified atom stereocenters. The third-order valence-corrected chi connectivity index (χ3v) is 5.02. The fraction of sp³-hybridized carbons (Fsp3) is 0.409. The van der Waals surface area contributed by atoms with E-state index in [1.54, 1.807) is 6.33 Å². The molecule has 0 saturated carbocycles. The number of fused-ring (bicyclic) bond motifs is 1. The Balaban J connectivity index is 1.89. The summed E-state index contributed by atoms with van der Waals surface area (Å²) in [6, 6.07) is 9.62. The van der Waals surface area contributed by atoms with Gasteiger partial charge in [0, 0.05) is 12.5 Å². The van der Waals surface area contributed by atoms with Crippen molar-refractivity contribution in [2.45, 2.75) is 53.2 Å². The molecule has 1 aromatic carbocycles. The summed E-state index contributed by atoms with van der Waals surface area (Å²) < 4.78 is 9.79. The van der Waals surface area contributed by atoms with Gasteiger partial charge < -0.3 is 9.09 Å².